The quantitative estimate of drug-likeness (QED) is 0.718. The van der Waals surface area contributed by atoms with Gasteiger partial charge in [-0.15, -0.1) is 0 Å². The number of hydrogen-bond acceptors (Lipinski definition) is 5. The van der Waals surface area contributed by atoms with Crippen molar-refractivity contribution in [1.82, 2.24) is 9.55 Å². The summed E-state index contributed by atoms with van der Waals surface area (Å²) in [6.45, 7) is 0.424. The van der Waals surface area contributed by atoms with Gasteiger partial charge in [0.15, 0.2) is 17.3 Å². The molecule has 6 nitrogen and oxygen atoms in total. The number of aromatic nitrogens is 2. The van der Waals surface area contributed by atoms with Crippen LogP contribution in [0.15, 0.2) is 59.7 Å². The Morgan fingerprint density at radius 3 is 2.50 bits per heavy atom. The van der Waals surface area contributed by atoms with E-state index < -0.39 is 0 Å². The molecular formula is C19H18ClN3O3. The van der Waals surface area contributed by atoms with Gasteiger partial charge in [-0.2, -0.15) is 0 Å². The predicted molar refractivity (Wildman–Crippen MR) is 102 cm³/mol. The topological polar surface area (TPSA) is 65.4 Å². The molecule has 0 bridgehead atoms. The molecule has 3 aromatic rings. The van der Waals surface area contributed by atoms with Crippen LogP contribution in [0.4, 0.5) is 5.82 Å². The number of anilines is 1. The fraction of sp³-hybridized carbons (Fsp3) is 0.158. The van der Waals surface area contributed by atoms with Gasteiger partial charge in [0, 0.05) is 29.6 Å². The highest BCUT2D eigenvalue weighted by atomic mass is 35.5. The minimum Gasteiger partial charge on any atom is -0.493 e. The minimum absolute atomic E-state index is 0.240. The van der Waals surface area contributed by atoms with Crippen LogP contribution in [0.3, 0.4) is 0 Å². The third kappa shape index (κ3) is 3.81. The summed E-state index contributed by atoms with van der Waals surface area (Å²) in [7, 11) is 3.17. The lowest BCUT2D eigenvalue weighted by Crippen LogP contribution is -2.23. The Balaban J connectivity index is 1.82. The average molecular weight is 372 g/mol. The molecule has 0 fully saturated rings. The Morgan fingerprint density at radius 2 is 1.81 bits per heavy atom. The van der Waals surface area contributed by atoms with E-state index in [2.05, 4.69) is 10.3 Å². The first kappa shape index (κ1) is 17.8. The number of halogens is 1. The molecule has 26 heavy (non-hydrogen) atoms. The van der Waals surface area contributed by atoms with Crippen LogP contribution in [0.25, 0.3) is 5.69 Å². The van der Waals surface area contributed by atoms with Crippen LogP contribution in [0.1, 0.15) is 5.56 Å². The minimum atomic E-state index is -0.240. The molecule has 0 spiro atoms. The molecule has 0 radical (unpaired) electrons. The van der Waals surface area contributed by atoms with Crippen molar-refractivity contribution in [2.75, 3.05) is 19.5 Å². The summed E-state index contributed by atoms with van der Waals surface area (Å²) in [6, 6.07) is 12.6. The number of rotatable bonds is 6. The highest BCUT2D eigenvalue weighted by Crippen LogP contribution is 2.27. The molecule has 7 heteroatoms. The fourth-order valence-electron chi connectivity index (χ4n) is 2.51. The maximum Gasteiger partial charge on any atom is 0.297 e. The van der Waals surface area contributed by atoms with E-state index >= 15 is 0 Å². The molecule has 1 N–H and O–H groups in total. The van der Waals surface area contributed by atoms with Gasteiger partial charge in [0.1, 0.15) is 0 Å². The first-order valence-electron chi connectivity index (χ1n) is 7.90. The van der Waals surface area contributed by atoms with Crippen LogP contribution in [-0.2, 0) is 6.54 Å². The Labute approximate surface area is 156 Å². The number of hydrogen-bond donors (Lipinski definition) is 1. The summed E-state index contributed by atoms with van der Waals surface area (Å²) in [6.07, 6.45) is 3.19. The number of nitrogens with zero attached hydrogens (tertiary/aromatic N) is 2. The Bertz CT molecular complexity index is 955. The molecule has 0 saturated heterocycles. The molecule has 3 rings (SSSR count). The summed E-state index contributed by atoms with van der Waals surface area (Å²) in [5.74, 6) is 1.54. The molecule has 0 saturated carbocycles. The van der Waals surface area contributed by atoms with Crippen molar-refractivity contribution in [2.24, 2.45) is 0 Å². The summed E-state index contributed by atoms with van der Waals surface area (Å²) >= 11 is 5.90. The first-order chi connectivity index (χ1) is 12.6. The zero-order chi connectivity index (χ0) is 18.5. The summed E-state index contributed by atoms with van der Waals surface area (Å²) in [4.78, 5) is 16.8. The Hall–Kier alpha value is -2.99. The number of nitrogens with one attached hydrogen (secondary N) is 1. The third-order valence-electron chi connectivity index (χ3n) is 3.85. The van der Waals surface area contributed by atoms with E-state index in [9.17, 15) is 4.79 Å². The van der Waals surface area contributed by atoms with E-state index in [-0.39, 0.29) is 11.4 Å². The Kier molecular flexibility index (Phi) is 5.43. The van der Waals surface area contributed by atoms with E-state index in [0.29, 0.717) is 23.1 Å². The van der Waals surface area contributed by atoms with E-state index in [4.69, 9.17) is 21.1 Å². The van der Waals surface area contributed by atoms with E-state index in [0.717, 1.165) is 11.3 Å². The lowest BCUT2D eigenvalue weighted by atomic mass is 10.2. The van der Waals surface area contributed by atoms with Gasteiger partial charge in [-0.05, 0) is 42.0 Å². The van der Waals surface area contributed by atoms with Crippen LogP contribution < -0.4 is 20.3 Å². The number of benzene rings is 2. The molecule has 0 amide bonds. The zero-order valence-corrected chi connectivity index (χ0v) is 15.2. The van der Waals surface area contributed by atoms with Crippen LogP contribution in [0.2, 0.25) is 5.02 Å². The molecule has 134 valence electrons. The smallest absolute Gasteiger partial charge is 0.297 e. The van der Waals surface area contributed by atoms with Crippen molar-refractivity contribution >= 4 is 17.4 Å². The summed E-state index contributed by atoms with van der Waals surface area (Å²) in [5.41, 5.74) is 1.41. The zero-order valence-electron chi connectivity index (χ0n) is 14.4. The van der Waals surface area contributed by atoms with Crippen molar-refractivity contribution < 1.29 is 9.47 Å². The van der Waals surface area contributed by atoms with Gasteiger partial charge < -0.3 is 14.8 Å². The molecule has 1 aromatic heterocycles. The molecule has 0 unspecified atom stereocenters. The Morgan fingerprint density at radius 1 is 1.08 bits per heavy atom. The molecule has 0 aliphatic heterocycles. The van der Waals surface area contributed by atoms with E-state index in [1.165, 1.54) is 4.57 Å². The van der Waals surface area contributed by atoms with Gasteiger partial charge in [-0.25, -0.2) is 4.98 Å². The molecular weight excluding hydrogens is 354 g/mol. The normalized spacial score (nSPS) is 10.4. The second-order valence-electron chi connectivity index (χ2n) is 5.47. The monoisotopic (exact) mass is 371 g/mol. The van der Waals surface area contributed by atoms with Gasteiger partial charge in [0.25, 0.3) is 5.56 Å². The number of methoxy groups -OCH3 is 2. The summed E-state index contributed by atoms with van der Waals surface area (Å²) in [5, 5.41) is 3.69. The van der Waals surface area contributed by atoms with Crippen molar-refractivity contribution in [3.8, 4) is 17.2 Å². The second-order valence-corrected chi connectivity index (χ2v) is 5.91. The fourth-order valence-corrected chi connectivity index (χ4v) is 2.64. The van der Waals surface area contributed by atoms with Crippen molar-refractivity contribution in [3.63, 3.8) is 0 Å². The molecule has 2 aromatic carbocycles. The van der Waals surface area contributed by atoms with Crippen LogP contribution >= 0.6 is 11.6 Å². The third-order valence-corrected chi connectivity index (χ3v) is 4.11. The first-order valence-corrected chi connectivity index (χ1v) is 8.28. The standard InChI is InChI=1S/C19H18ClN3O3/c1-25-16-8-3-13(11-17(16)26-2)12-22-18-19(24)23(10-9-21-18)15-6-4-14(20)5-7-15/h3-11H,12H2,1-2H3,(H,21,22). The van der Waals surface area contributed by atoms with Gasteiger partial charge >= 0.3 is 0 Å². The molecule has 0 aliphatic rings. The lowest BCUT2D eigenvalue weighted by Gasteiger charge is -2.11. The summed E-state index contributed by atoms with van der Waals surface area (Å²) < 4.78 is 12.0. The van der Waals surface area contributed by atoms with Crippen LogP contribution in [0, 0.1) is 0 Å². The average Bonchev–Trinajstić information content (AvgIpc) is 2.67. The maximum absolute atomic E-state index is 12.7. The molecule has 1 heterocycles. The van der Waals surface area contributed by atoms with Gasteiger partial charge in [0.05, 0.1) is 14.2 Å². The highest BCUT2D eigenvalue weighted by Gasteiger charge is 2.08. The second kappa shape index (κ2) is 7.93. The highest BCUT2D eigenvalue weighted by molar-refractivity contribution is 6.30. The van der Waals surface area contributed by atoms with Gasteiger partial charge in [-0.1, -0.05) is 17.7 Å². The largest absolute Gasteiger partial charge is 0.493 e. The maximum atomic E-state index is 12.7. The lowest BCUT2D eigenvalue weighted by molar-refractivity contribution is 0.354. The van der Waals surface area contributed by atoms with Gasteiger partial charge in [-0.3, -0.25) is 9.36 Å². The predicted octanol–water partition coefficient (Wildman–Crippen LogP) is 3.52. The van der Waals surface area contributed by atoms with Crippen LogP contribution in [0.5, 0.6) is 11.5 Å². The van der Waals surface area contributed by atoms with Crippen molar-refractivity contribution in [2.45, 2.75) is 6.54 Å². The molecule has 0 atom stereocenters. The van der Waals surface area contributed by atoms with Gasteiger partial charge in [0.2, 0.25) is 0 Å². The molecule has 0 aliphatic carbocycles. The van der Waals surface area contributed by atoms with E-state index in [1.807, 2.05) is 18.2 Å². The van der Waals surface area contributed by atoms with Crippen molar-refractivity contribution in [3.05, 3.63) is 75.8 Å². The van der Waals surface area contributed by atoms with Crippen LogP contribution in [-0.4, -0.2) is 23.8 Å². The van der Waals surface area contributed by atoms with Crippen molar-refractivity contribution in [1.29, 1.82) is 0 Å². The SMILES string of the molecule is COc1ccc(CNc2nccn(-c3ccc(Cl)cc3)c2=O)cc1OC. The number of ether oxygens (including phenoxy) is 2. The van der Waals surface area contributed by atoms with E-state index in [1.54, 1.807) is 50.9 Å².